The highest BCUT2D eigenvalue weighted by Crippen LogP contribution is 2.41. The minimum Gasteiger partial charge on any atom is -0.504 e. The molecule has 0 saturated heterocycles. The Kier molecular flexibility index (Phi) is 5.55. The van der Waals surface area contributed by atoms with E-state index in [2.05, 4.69) is 0 Å². The van der Waals surface area contributed by atoms with E-state index in [4.69, 9.17) is 9.15 Å². The van der Waals surface area contributed by atoms with Gasteiger partial charge in [-0.05, 0) is 79.4 Å². The molecule has 6 nitrogen and oxygen atoms in total. The first-order chi connectivity index (χ1) is 16.8. The van der Waals surface area contributed by atoms with Gasteiger partial charge in [-0.25, -0.2) is 4.39 Å². The highest BCUT2D eigenvalue weighted by atomic mass is 19.1. The van der Waals surface area contributed by atoms with E-state index in [-0.39, 0.29) is 40.6 Å². The van der Waals surface area contributed by atoms with Crippen molar-refractivity contribution in [2.45, 2.75) is 33.4 Å². The van der Waals surface area contributed by atoms with E-state index in [1.54, 1.807) is 43.3 Å². The summed E-state index contributed by atoms with van der Waals surface area (Å²) in [6.45, 7) is 6.10. The average molecular weight is 474 g/mol. The van der Waals surface area contributed by atoms with Crippen LogP contribution < -0.4 is 10.2 Å². The lowest BCUT2D eigenvalue weighted by molar-refractivity contribution is 0.0714. The summed E-state index contributed by atoms with van der Waals surface area (Å²) in [6, 6.07) is 13.4. The Morgan fingerprint density at radius 3 is 2.46 bits per heavy atom. The van der Waals surface area contributed by atoms with Crippen molar-refractivity contribution in [3.63, 3.8) is 0 Å². The number of benzene rings is 3. The number of nitrogens with zero attached hydrogens (tertiary/aromatic N) is 1. The summed E-state index contributed by atoms with van der Waals surface area (Å²) in [5, 5.41) is 10.6. The van der Waals surface area contributed by atoms with Gasteiger partial charge in [-0.15, -0.1) is 0 Å². The Balaban J connectivity index is 1.73. The molecule has 1 unspecified atom stereocenters. The number of hydrogen-bond donors (Lipinski definition) is 1. The normalized spacial score (nSPS) is 15.0. The number of halogens is 1. The molecular formula is C28H24FNO5. The Morgan fingerprint density at radius 2 is 1.74 bits per heavy atom. The minimum absolute atomic E-state index is 0.0103. The van der Waals surface area contributed by atoms with Gasteiger partial charge >= 0.3 is 0 Å². The third-order valence-electron chi connectivity index (χ3n) is 6.45. The molecule has 0 fully saturated rings. The van der Waals surface area contributed by atoms with Gasteiger partial charge in [0.2, 0.25) is 5.76 Å². The summed E-state index contributed by atoms with van der Waals surface area (Å²) in [4.78, 5) is 28.9. The molecule has 1 aliphatic heterocycles. The number of carbonyl (C=O) groups is 1. The number of amides is 1. The van der Waals surface area contributed by atoms with Crippen molar-refractivity contribution in [1.29, 1.82) is 0 Å². The zero-order chi connectivity index (χ0) is 24.9. The number of phenolic OH excluding ortho intramolecular Hbond substituents is 1. The van der Waals surface area contributed by atoms with Crippen LogP contribution in [-0.2, 0) is 6.54 Å². The monoisotopic (exact) mass is 473 g/mol. The van der Waals surface area contributed by atoms with Crippen LogP contribution in [0.25, 0.3) is 11.0 Å². The fourth-order valence-corrected chi connectivity index (χ4v) is 4.54. The molecule has 1 aromatic heterocycles. The standard InChI is InChI=1S/C28H24FNO5/c1-4-34-23-13-18(7-10-21(23)31)25-24-26(32)20-11-15(2)16(3)12-22(20)35-27(24)28(33)30(25)14-17-5-8-19(29)9-6-17/h5-13,25,31H,4,14H2,1-3H3. The molecule has 4 aromatic rings. The van der Waals surface area contributed by atoms with Gasteiger partial charge in [0.25, 0.3) is 5.91 Å². The summed E-state index contributed by atoms with van der Waals surface area (Å²) in [5.74, 6) is -0.609. The quantitative estimate of drug-likeness (QED) is 0.420. The molecule has 35 heavy (non-hydrogen) atoms. The van der Waals surface area contributed by atoms with E-state index in [0.29, 0.717) is 28.7 Å². The number of carbonyl (C=O) groups excluding carboxylic acids is 1. The van der Waals surface area contributed by atoms with Gasteiger partial charge < -0.3 is 19.2 Å². The van der Waals surface area contributed by atoms with Crippen molar-refractivity contribution in [1.82, 2.24) is 4.90 Å². The molecule has 5 rings (SSSR count). The lowest BCUT2D eigenvalue weighted by Gasteiger charge is -2.25. The number of fused-ring (bicyclic) bond motifs is 2. The highest BCUT2D eigenvalue weighted by Gasteiger charge is 2.43. The topological polar surface area (TPSA) is 80.0 Å². The van der Waals surface area contributed by atoms with E-state index in [1.807, 2.05) is 13.8 Å². The smallest absolute Gasteiger partial charge is 0.291 e. The molecular weight excluding hydrogens is 449 g/mol. The van der Waals surface area contributed by atoms with Gasteiger partial charge in [-0.3, -0.25) is 9.59 Å². The van der Waals surface area contributed by atoms with Crippen LogP contribution in [0, 0.1) is 19.7 Å². The second-order valence-corrected chi connectivity index (χ2v) is 8.73. The third-order valence-corrected chi connectivity index (χ3v) is 6.45. The van der Waals surface area contributed by atoms with Crippen molar-refractivity contribution in [2.75, 3.05) is 6.61 Å². The summed E-state index contributed by atoms with van der Waals surface area (Å²) < 4.78 is 25.1. The summed E-state index contributed by atoms with van der Waals surface area (Å²) in [6.07, 6.45) is 0. The van der Waals surface area contributed by atoms with Gasteiger partial charge in [0.15, 0.2) is 16.9 Å². The largest absolute Gasteiger partial charge is 0.504 e. The van der Waals surface area contributed by atoms with Crippen LogP contribution in [0.1, 0.15) is 51.3 Å². The van der Waals surface area contributed by atoms with E-state index >= 15 is 0 Å². The van der Waals surface area contributed by atoms with Crippen LogP contribution in [-0.4, -0.2) is 22.5 Å². The molecule has 1 atom stereocenters. The van der Waals surface area contributed by atoms with Gasteiger partial charge in [0.05, 0.1) is 23.6 Å². The number of phenols is 1. The second-order valence-electron chi connectivity index (χ2n) is 8.73. The third kappa shape index (κ3) is 3.83. The number of hydrogen-bond acceptors (Lipinski definition) is 5. The van der Waals surface area contributed by atoms with E-state index in [9.17, 15) is 19.1 Å². The molecule has 178 valence electrons. The summed E-state index contributed by atoms with van der Waals surface area (Å²) >= 11 is 0. The molecule has 1 aliphatic rings. The molecule has 1 amide bonds. The molecule has 0 radical (unpaired) electrons. The Morgan fingerprint density at radius 1 is 1.03 bits per heavy atom. The van der Waals surface area contributed by atoms with E-state index in [0.717, 1.165) is 11.1 Å². The first kappa shape index (κ1) is 22.7. The van der Waals surface area contributed by atoms with Gasteiger partial charge in [0, 0.05) is 6.54 Å². The van der Waals surface area contributed by atoms with Crippen molar-refractivity contribution in [2.24, 2.45) is 0 Å². The summed E-state index contributed by atoms with van der Waals surface area (Å²) in [5.41, 5.74) is 3.49. The number of aryl methyl sites for hydroxylation is 2. The lowest BCUT2D eigenvalue weighted by Crippen LogP contribution is -2.29. The molecule has 0 saturated carbocycles. The lowest BCUT2D eigenvalue weighted by atomic mass is 9.97. The maximum atomic E-state index is 13.8. The Bertz CT molecular complexity index is 1520. The number of aromatic hydroxyl groups is 1. The van der Waals surface area contributed by atoms with Crippen molar-refractivity contribution in [3.8, 4) is 11.5 Å². The van der Waals surface area contributed by atoms with Crippen LogP contribution in [0.5, 0.6) is 11.5 Å². The van der Waals surface area contributed by atoms with Crippen LogP contribution in [0.4, 0.5) is 4.39 Å². The molecule has 1 N–H and O–H groups in total. The van der Waals surface area contributed by atoms with Crippen LogP contribution in [0.2, 0.25) is 0 Å². The fraction of sp³-hybridized carbons (Fsp3) is 0.214. The van der Waals surface area contributed by atoms with Crippen LogP contribution in [0.15, 0.2) is 63.8 Å². The first-order valence-electron chi connectivity index (χ1n) is 11.4. The summed E-state index contributed by atoms with van der Waals surface area (Å²) in [7, 11) is 0. The maximum Gasteiger partial charge on any atom is 0.291 e. The van der Waals surface area contributed by atoms with Crippen molar-refractivity contribution in [3.05, 3.63) is 104 Å². The van der Waals surface area contributed by atoms with E-state index in [1.165, 1.54) is 23.1 Å². The van der Waals surface area contributed by atoms with Gasteiger partial charge in [0.1, 0.15) is 11.4 Å². The van der Waals surface area contributed by atoms with Gasteiger partial charge in [-0.1, -0.05) is 18.2 Å². The van der Waals surface area contributed by atoms with Crippen molar-refractivity contribution < 1.29 is 23.4 Å². The Hall–Kier alpha value is -4.13. The molecule has 0 aliphatic carbocycles. The number of ether oxygens (including phenoxy) is 1. The molecule has 7 heteroatoms. The molecule has 3 aromatic carbocycles. The molecule has 0 bridgehead atoms. The Labute approximate surface area is 201 Å². The predicted molar refractivity (Wildman–Crippen MR) is 129 cm³/mol. The van der Waals surface area contributed by atoms with Gasteiger partial charge in [-0.2, -0.15) is 0 Å². The van der Waals surface area contributed by atoms with Crippen molar-refractivity contribution >= 4 is 16.9 Å². The SMILES string of the molecule is CCOc1cc(C2c3c(oc4cc(C)c(C)cc4c3=O)C(=O)N2Cc2ccc(F)cc2)ccc1O. The molecule has 0 spiro atoms. The zero-order valence-corrected chi connectivity index (χ0v) is 19.6. The van der Waals surface area contributed by atoms with E-state index < -0.39 is 11.9 Å². The predicted octanol–water partition coefficient (Wildman–Crippen LogP) is 5.40. The highest BCUT2D eigenvalue weighted by molar-refractivity contribution is 5.99. The number of rotatable bonds is 5. The molecule has 2 heterocycles. The zero-order valence-electron chi connectivity index (χ0n) is 19.6. The maximum absolute atomic E-state index is 13.8. The first-order valence-corrected chi connectivity index (χ1v) is 11.4. The average Bonchev–Trinajstić information content (AvgIpc) is 3.10. The fourth-order valence-electron chi connectivity index (χ4n) is 4.54. The van der Waals surface area contributed by atoms with Crippen LogP contribution >= 0.6 is 0 Å². The van der Waals surface area contributed by atoms with Crippen LogP contribution in [0.3, 0.4) is 0 Å². The minimum atomic E-state index is -0.774. The second kappa shape index (κ2) is 8.58.